The molecule has 0 saturated carbocycles. The van der Waals surface area contributed by atoms with Crippen LogP contribution in [0.15, 0.2) is 0 Å². The van der Waals surface area contributed by atoms with E-state index in [0.717, 1.165) is 0 Å². The summed E-state index contributed by atoms with van der Waals surface area (Å²) in [7, 11) is 0. The molecule has 0 saturated heterocycles. The number of carboxylic acid groups (broad SMARTS) is 1. The van der Waals surface area contributed by atoms with Crippen LogP contribution in [0, 0.1) is 0 Å². The zero-order chi connectivity index (χ0) is 7.11. The zero-order valence-electron chi connectivity index (χ0n) is 6.00. The molecule has 0 radical (unpaired) electrons. The summed E-state index contributed by atoms with van der Waals surface area (Å²) in [6.07, 6.45) is -0.111. The van der Waals surface area contributed by atoms with Crippen LogP contribution in [-0.4, -0.2) is 30.9 Å². The van der Waals surface area contributed by atoms with Gasteiger partial charge in [0.15, 0.2) is 0 Å². The fourth-order valence-electron chi connectivity index (χ4n) is 0.322. The van der Waals surface area contributed by atoms with E-state index in [1.165, 1.54) is 0 Å². The predicted molar refractivity (Wildman–Crippen MR) is 27.5 cm³/mol. The van der Waals surface area contributed by atoms with Crippen molar-refractivity contribution in [2.45, 2.75) is 6.42 Å². The molecule has 0 heterocycles. The Bertz CT molecular complexity index is 85.7. The van der Waals surface area contributed by atoms with Crippen LogP contribution in [0.25, 0.3) is 0 Å². The summed E-state index contributed by atoms with van der Waals surface area (Å²) in [5.41, 5.74) is 0. The fraction of sp³-hybridized carbons (Fsp3) is 0.800. The van der Waals surface area contributed by atoms with Crippen molar-refractivity contribution in [3.8, 4) is 0 Å². The normalized spacial score (nSPS) is 8.50. The first-order chi connectivity index (χ1) is 4.27. The van der Waals surface area contributed by atoms with E-state index < -0.39 is 5.97 Å². The Kier molecular flexibility index (Phi) is 12.2. The minimum atomic E-state index is -1.13. The monoisotopic (exact) mass is 156 g/mol. The van der Waals surface area contributed by atoms with Gasteiger partial charge in [0.2, 0.25) is 0 Å². The summed E-state index contributed by atoms with van der Waals surface area (Å²) in [5, 5.41) is 17.9. The van der Waals surface area contributed by atoms with Crippen molar-refractivity contribution in [3.05, 3.63) is 0 Å². The van der Waals surface area contributed by atoms with E-state index in [-0.39, 0.29) is 55.8 Å². The fourth-order valence-corrected chi connectivity index (χ4v) is 0.322. The Labute approximate surface area is 81.5 Å². The number of aliphatic carboxylic acids is 1. The van der Waals surface area contributed by atoms with E-state index in [9.17, 15) is 9.90 Å². The SMILES string of the molecule is O=C([O-])CCOCCO.[Na+]. The molecule has 5 heteroatoms. The van der Waals surface area contributed by atoms with E-state index in [1.807, 2.05) is 0 Å². The van der Waals surface area contributed by atoms with Crippen LogP contribution in [0.1, 0.15) is 6.42 Å². The Balaban J connectivity index is 0. The number of carbonyl (C=O) groups excluding carboxylic acids is 1. The van der Waals surface area contributed by atoms with Gasteiger partial charge in [0.05, 0.1) is 19.8 Å². The third-order valence-electron chi connectivity index (χ3n) is 0.686. The van der Waals surface area contributed by atoms with Crippen LogP contribution in [-0.2, 0) is 9.53 Å². The topological polar surface area (TPSA) is 69.6 Å². The molecule has 0 aliphatic carbocycles. The molecular weight excluding hydrogens is 147 g/mol. The van der Waals surface area contributed by atoms with Gasteiger partial charge in [0.1, 0.15) is 0 Å². The molecule has 0 amide bonds. The zero-order valence-corrected chi connectivity index (χ0v) is 8.00. The standard InChI is InChI=1S/C5H10O4.Na/c6-2-4-9-3-1-5(7)8;/h6H,1-4H2,(H,7,8);/q;+1/p-1. The largest absolute Gasteiger partial charge is 1.00 e. The number of hydrogen-bond donors (Lipinski definition) is 1. The molecule has 0 aromatic rings. The molecule has 54 valence electrons. The molecule has 0 spiro atoms. The Morgan fingerprint density at radius 1 is 1.50 bits per heavy atom. The summed E-state index contributed by atoms with van der Waals surface area (Å²) >= 11 is 0. The quantitative estimate of drug-likeness (QED) is 0.320. The van der Waals surface area contributed by atoms with Crippen LogP contribution in [0.4, 0.5) is 0 Å². The predicted octanol–water partition coefficient (Wildman–Crippen LogP) is -4.86. The molecule has 10 heavy (non-hydrogen) atoms. The molecule has 0 atom stereocenters. The molecule has 4 nitrogen and oxygen atoms in total. The molecule has 0 aromatic heterocycles. The molecule has 0 bridgehead atoms. The smallest absolute Gasteiger partial charge is 0.550 e. The summed E-state index contributed by atoms with van der Waals surface area (Å²) in [6, 6.07) is 0. The van der Waals surface area contributed by atoms with Gasteiger partial charge >= 0.3 is 29.6 Å². The number of carboxylic acids is 1. The van der Waals surface area contributed by atoms with Gasteiger partial charge in [-0.05, 0) is 0 Å². The second kappa shape index (κ2) is 9.39. The van der Waals surface area contributed by atoms with E-state index in [4.69, 9.17) is 5.11 Å². The summed E-state index contributed by atoms with van der Waals surface area (Å²) in [4.78, 5) is 9.71. The molecule has 0 aromatic carbocycles. The van der Waals surface area contributed by atoms with Crippen molar-refractivity contribution in [1.29, 1.82) is 0 Å². The molecule has 0 aliphatic rings. The maximum absolute atomic E-state index is 9.71. The minimum absolute atomic E-state index is 0. The van der Waals surface area contributed by atoms with Gasteiger partial charge < -0.3 is 19.7 Å². The minimum Gasteiger partial charge on any atom is -0.550 e. The third-order valence-corrected chi connectivity index (χ3v) is 0.686. The molecule has 1 N–H and O–H groups in total. The van der Waals surface area contributed by atoms with Gasteiger partial charge in [-0.25, -0.2) is 0 Å². The van der Waals surface area contributed by atoms with Crippen LogP contribution in [0.3, 0.4) is 0 Å². The van der Waals surface area contributed by atoms with Crippen LogP contribution in [0.2, 0.25) is 0 Å². The van der Waals surface area contributed by atoms with Gasteiger partial charge in [0, 0.05) is 12.4 Å². The van der Waals surface area contributed by atoms with E-state index in [2.05, 4.69) is 4.74 Å². The van der Waals surface area contributed by atoms with Crippen LogP contribution >= 0.6 is 0 Å². The second-order valence-corrected chi connectivity index (χ2v) is 1.46. The molecule has 0 unspecified atom stereocenters. The number of carbonyl (C=O) groups is 1. The van der Waals surface area contributed by atoms with Crippen LogP contribution in [0.5, 0.6) is 0 Å². The van der Waals surface area contributed by atoms with Gasteiger partial charge in [-0.1, -0.05) is 0 Å². The van der Waals surface area contributed by atoms with Crippen molar-refractivity contribution in [3.63, 3.8) is 0 Å². The molecule has 0 aliphatic heterocycles. The average Bonchev–Trinajstić information content (AvgIpc) is 1.80. The maximum Gasteiger partial charge on any atom is 1.00 e. The van der Waals surface area contributed by atoms with Gasteiger partial charge in [-0.3, -0.25) is 0 Å². The Morgan fingerprint density at radius 2 is 2.10 bits per heavy atom. The van der Waals surface area contributed by atoms with Crippen molar-refractivity contribution in [2.24, 2.45) is 0 Å². The van der Waals surface area contributed by atoms with Gasteiger partial charge in [0.25, 0.3) is 0 Å². The molecule has 0 rings (SSSR count). The summed E-state index contributed by atoms with van der Waals surface area (Å²) in [6.45, 7) is 0.225. The van der Waals surface area contributed by atoms with E-state index >= 15 is 0 Å². The van der Waals surface area contributed by atoms with E-state index in [0.29, 0.717) is 0 Å². The Morgan fingerprint density at radius 3 is 2.50 bits per heavy atom. The number of hydrogen-bond acceptors (Lipinski definition) is 4. The summed E-state index contributed by atoms with van der Waals surface area (Å²) < 4.78 is 4.62. The third kappa shape index (κ3) is 11.2. The number of aliphatic hydroxyl groups is 1. The van der Waals surface area contributed by atoms with Gasteiger partial charge in [-0.15, -0.1) is 0 Å². The van der Waals surface area contributed by atoms with Gasteiger partial charge in [-0.2, -0.15) is 0 Å². The first kappa shape index (κ1) is 13.0. The first-order valence-corrected chi connectivity index (χ1v) is 2.66. The first-order valence-electron chi connectivity index (χ1n) is 2.66. The number of aliphatic hydroxyl groups excluding tert-OH is 1. The molecule has 0 fully saturated rings. The van der Waals surface area contributed by atoms with E-state index in [1.54, 1.807) is 0 Å². The number of rotatable bonds is 5. The summed E-state index contributed by atoms with van der Waals surface area (Å²) in [5.74, 6) is -1.13. The van der Waals surface area contributed by atoms with Crippen LogP contribution < -0.4 is 34.7 Å². The Hall–Kier alpha value is 0.390. The average molecular weight is 156 g/mol. The van der Waals surface area contributed by atoms with Crippen molar-refractivity contribution in [1.82, 2.24) is 0 Å². The number of ether oxygens (including phenoxy) is 1. The van der Waals surface area contributed by atoms with Crippen molar-refractivity contribution < 1.29 is 49.3 Å². The van der Waals surface area contributed by atoms with Crippen molar-refractivity contribution in [2.75, 3.05) is 19.8 Å². The van der Waals surface area contributed by atoms with Crippen molar-refractivity contribution >= 4 is 5.97 Å². The molecular formula is C5H9NaO4. The second-order valence-electron chi connectivity index (χ2n) is 1.46. The maximum atomic E-state index is 9.71.